The van der Waals surface area contributed by atoms with Gasteiger partial charge in [-0.2, -0.15) is 4.37 Å². The maximum Gasteiger partial charge on any atom is 0.273 e. The molecule has 1 aromatic heterocycles. The van der Waals surface area contributed by atoms with Crippen LogP contribution in [0.4, 0.5) is 11.4 Å². The number of anilines is 2. The van der Waals surface area contributed by atoms with Gasteiger partial charge in [-0.15, -0.1) is 0 Å². The van der Waals surface area contributed by atoms with Crippen LogP contribution in [-0.4, -0.2) is 40.7 Å². The molecule has 8 nitrogen and oxygen atoms in total. The minimum absolute atomic E-state index is 0.0692. The van der Waals surface area contributed by atoms with E-state index in [1.807, 2.05) is 24.3 Å². The first-order chi connectivity index (χ1) is 17.0. The van der Waals surface area contributed by atoms with E-state index >= 15 is 0 Å². The van der Waals surface area contributed by atoms with Crippen LogP contribution in [0.3, 0.4) is 0 Å². The molecule has 0 radical (unpaired) electrons. The predicted molar refractivity (Wildman–Crippen MR) is 139 cm³/mol. The molecular weight excluding hydrogens is 462 g/mol. The third-order valence-corrected chi connectivity index (χ3v) is 7.85. The Morgan fingerprint density at radius 3 is 2.20 bits per heavy atom. The van der Waals surface area contributed by atoms with Gasteiger partial charge in [0, 0.05) is 17.8 Å². The maximum absolute atomic E-state index is 13.6. The van der Waals surface area contributed by atoms with E-state index in [2.05, 4.69) is 21.9 Å². The molecule has 188 valence electrons. The summed E-state index contributed by atoms with van der Waals surface area (Å²) >= 11 is 0.907. The van der Waals surface area contributed by atoms with Crippen LogP contribution in [0.25, 0.3) is 0 Å². The van der Waals surface area contributed by atoms with E-state index in [1.54, 1.807) is 0 Å². The third kappa shape index (κ3) is 6.20. The van der Waals surface area contributed by atoms with Gasteiger partial charge in [-0.25, -0.2) is 0 Å². The standard InChI is InChI=1S/C26H35N5O3S/c1-2-17-12-14-20(15-13-17)31(16-21(32)28-18-10-6-7-11-18)26(34)24-22(27)23(30-35-24)25(33)29-19-8-4-3-5-9-19/h12-15,18-19H,2-11,16,27H2,1H3,(H,28,32)(H,29,33). The summed E-state index contributed by atoms with van der Waals surface area (Å²) < 4.78 is 4.22. The Bertz CT molecular complexity index is 1040. The van der Waals surface area contributed by atoms with Crippen LogP contribution in [0.2, 0.25) is 0 Å². The van der Waals surface area contributed by atoms with Crippen LogP contribution in [0.5, 0.6) is 0 Å². The highest BCUT2D eigenvalue weighted by atomic mass is 32.1. The Labute approximate surface area is 210 Å². The summed E-state index contributed by atoms with van der Waals surface area (Å²) in [4.78, 5) is 40.9. The van der Waals surface area contributed by atoms with Crippen molar-refractivity contribution in [2.45, 2.75) is 83.2 Å². The highest BCUT2D eigenvalue weighted by molar-refractivity contribution is 7.09. The molecule has 2 aliphatic rings. The monoisotopic (exact) mass is 497 g/mol. The lowest BCUT2D eigenvalue weighted by molar-refractivity contribution is -0.120. The van der Waals surface area contributed by atoms with Crippen molar-refractivity contribution >= 4 is 40.6 Å². The average molecular weight is 498 g/mol. The number of aromatic nitrogens is 1. The molecule has 2 aromatic rings. The van der Waals surface area contributed by atoms with Crippen molar-refractivity contribution in [3.05, 3.63) is 40.4 Å². The number of carbonyl (C=O) groups excluding carboxylic acids is 3. The second-order valence-corrected chi connectivity index (χ2v) is 10.3. The van der Waals surface area contributed by atoms with Gasteiger partial charge in [0.05, 0.1) is 5.69 Å². The fourth-order valence-electron chi connectivity index (χ4n) is 4.92. The summed E-state index contributed by atoms with van der Waals surface area (Å²) in [6.07, 6.45) is 10.3. The molecule has 2 saturated carbocycles. The van der Waals surface area contributed by atoms with Gasteiger partial charge in [-0.1, -0.05) is 51.2 Å². The van der Waals surface area contributed by atoms with Gasteiger partial charge in [0.1, 0.15) is 11.4 Å². The Morgan fingerprint density at radius 2 is 1.57 bits per heavy atom. The first-order valence-electron chi connectivity index (χ1n) is 12.7. The van der Waals surface area contributed by atoms with Crippen LogP contribution in [0.15, 0.2) is 24.3 Å². The Morgan fingerprint density at radius 1 is 0.971 bits per heavy atom. The molecule has 0 unspecified atom stereocenters. The van der Waals surface area contributed by atoms with Crippen LogP contribution in [0.1, 0.15) is 90.4 Å². The van der Waals surface area contributed by atoms with E-state index in [-0.39, 0.29) is 46.7 Å². The zero-order chi connectivity index (χ0) is 24.8. The third-order valence-electron chi connectivity index (χ3n) is 7.00. The number of rotatable bonds is 8. The number of benzene rings is 1. The fourth-order valence-corrected chi connectivity index (χ4v) is 5.66. The highest BCUT2D eigenvalue weighted by Crippen LogP contribution is 2.27. The number of nitrogens with two attached hydrogens (primary N) is 1. The van der Waals surface area contributed by atoms with Crippen LogP contribution in [-0.2, 0) is 11.2 Å². The number of nitrogens with one attached hydrogen (secondary N) is 2. The lowest BCUT2D eigenvalue weighted by Crippen LogP contribution is -2.43. The number of aryl methyl sites for hydroxylation is 1. The minimum Gasteiger partial charge on any atom is -0.395 e. The molecule has 4 N–H and O–H groups in total. The molecule has 1 heterocycles. The Balaban J connectivity index is 1.53. The van der Waals surface area contributed by atoms with Crippen molar-refractivity contribution in [1.29, 1.82) is 0 Å². The second kappa shape index (κ2) is 11.7. The van der Waals surface area contributed by atoms with Crippen molar-refractivity contribution in [3.8, 4) is 0 Å². The number of carbonyl (C=O) groups is 3. The molecule has 3 amide bonds. The molecule has 9 heteroatoms. The molecule has 35 heavy (non-hydrogen) atoms. The van der Waals surface area contributed by atoms with Gasteiger partial charge < -0.3 is 16.4 Å². The molecular formula is C26H35N5O3S. The van der Waals surface area contributed by atoms with Crippen molar-refractivity contribution in [3.63, 3.8) is 0 Å². The molecule has 0 atom stereocenters. The van der Waals surface area contributed by atoms with E-state index < -0.39 is 5.91 Å². The zero-order valence-corrected chi connectivity index (χ0v) is 21.2. The van der Waals surface area contributed by atoms with Crippen molar-refractivity contribution in [2.24, 2.45) is 0 Å². The Kier molecular flexibility index (Phi) is 8.38. The van der Waals surface area contributed by atoms with E-state index in [0.717, 1.165) is 74.9 Å². The number of hydrogen-bond acceptors (Lipinski definition) is 6. The summed E-state index contributed by atoms with van der Waals surface area (Å²) in [5, 5.41) is 6.06. The number of hydrogen-bond donors (Lipinski definition) is 3. The summed E-state index contributed by atoms with van der Waals surface area (Å²) in [5.41, 5.74) is 8.17. The molecule has 1 aromatic carbocycles. The highest BCUT2D eigenvalue weighted by Gasteiger charge is 2.29. The van der Waals surface area contributed by atoms with Gasteiger partial charge in [-0.05, 0) is 61.3 Å². The van der Waals surface area contributed by atoms with E-state index in [4.69, 9.17) is 5.73 Å². The van der Waals surface area contributed by atoms with Crippen LogP contribution < -0.4 is 21.3 Å². The molecule has 0 spiro atoms. The minimum atomic E-state index is -0.428. The molecule has 0 saturated heterocycles. The second-order valence-electron chi connectivity index (χ2n) is 9.54. The Hall–Kier alpha value is -2.94. The zero-order valence-electron chi connectivity index (χ0n) is 20.3. The molecule has 0 aliphatic heterocycles. The summed E-state index contributed by atoms with van der Waals surface area (Å²) in [5.74, 6) is -0.978. The predicted octanol–water partition coefficient (Wildman–Crippen LogP) is 4.06. The van der Waals surface area contributed by atoms with Gasteiger partial charge in [0.25, 0.3) is 11.8 Å². The number of nitrogens with zero attached hydrogens (tertiary/aromatic N) is 2. The van der Waals surface area contributed by atoms with Crippen LogP contribution in [0, 0.1) is 0 Å². The molecule has 2 fully saturated rings. The van der Waals surface area contributed by atoms with E-state index in [0.29, 0.717) is 5.69 Å². The molecule has 4 rings (SSSR count). The summed E-state index contributed by atoms with van der Waals surface area (Å²) in [6.45, 7) is 1.94. The molecule has 2 aliphatic carbocycles. The van der Waals surface area contributed by atoms with E-state index in [1.165, 1.54) is 11.3 Å². The smallest absolute Gasteiger partial charge is 0.273 e. The number of nitrogen functional groups attached to an aromatic ring is 1. The lowest BCUT2D eigenvalue weighted by atomic mass is 9.95. The number of amides is 3. The van der Waals surface area contributed by atoms with E-state index in [9.17, 15) is 14.4 Å². The van der Waals surface area contributed by atoms with Crippen LogP contribution >= 0.6 is 11.5 Å². The van der Waals surface area contributed by atoms with Crippen molar-refractivity contribution < 1.29 is 14.4 Å². The topological polar surface area (TPSA) is 117 Å². The first-order valence-corrected chi connectivity index (χ1v) is 13.5. The SMILES string of the molecule is CCc1ccc(N(CC(=O)NC2CCCC2)C(=O)c2snc(C(=O)NC3CCCCC3)c2N)cc1. The van der Waals surface area contributed by atoms with Gasteiger partial charge in [-0.3, -0.25) is 19.3 Å². The fraction of sp³-hybridized carbons (Fsp3) is 0.538. The van der Waals surface area contributed by atoms with Gasteiger partial charge >= 0.3 is 0 Å². The van der Waals surface area contributed by atoms with Gasteiger partial charge in [0.15, 0.2) is 5.69 Å². The van der Waals surface area contributed by atoms with Crippen molar-refractivity contribution in [1.82, 2.24) is 15.0 Å². The molecule has 0 bridgehead atoms. The largest absolute Gasteiger partial charge is 0.395 e. The normalized spacial score (nSPS) is 16.7. The summed E-state index contributed by atoms with van der Waals surface area (Å²) in [7, 11) is 0. The lowest BCUT2D eigenvalue weighted by Gasteiger charge is -2.23. The quantitative estimate of drug-likeness (QED) is 0.508. The maximum atomic E-state index is 13.6. The van der Waals surface area contributed by atoms with Crippen molar-refractivity contribution in [2.75, 3.05) is 17.2 Å². The average Bonchev–Trinajstić information content (AvgIpc) is 3.52. The van der Waals surface area contributed by atoms with Gasteiger partial charge in [0.2, 0.25) is 5.91 Å². The summed E-state index contributed by atoms with van der Waals surface area (Å²) in [6, 6.07) is 7.85. The first kappa shape index (κ1) is 25.2.